The first kappa shape index (κ1) is 21.6. The summed E-state index contributed by atoms with van der Waals surface area (Å²) in [4.78, 5) is 32.6. The summed E-state index contributed by atoms with van der Waals surface area (Å²) < 4.78 is 2.28. The highest BCUT2D eigenvalue weighted by molar-refractivity contribution is 7.99. The summed E-state index contributed by atoms with van der Waals surface area (Å²) in [5, 5.41) is 2.44. The van der Waals surface area contributed by atoms with Crippen molar-refractivity contribution in [1.82, 2.24) is 14.5 Å². The Balaban J connectivity index is 1.99. The summed E-state index contributed by atoms with van der Waals surface area (Å²) in [7, 11) is 0. The SMILES string of the molecule is CCCN(CCC)C(=O)CSc1nc2ccsc2c(=O)n1-c1ccc(C)c(C)c1. The first-order chi connectivity index (χ1) is 14.0. The molecule has 0 aliphatic heterocycles. The van der Waals surface area contributed by atoms with E-state index in [1.807, 2.05) is 48.4 Å². The summed E-state index contributed by atoms with van der Waals surface area (Å²) >= 11 is 2.74. The van der Waals surface area contributed by atoms with E-state index in [0.717, 1.165) is 37.2 Å². The fraction of sp³-hybridized carbons (Fsp3) is 0.409. The lowest BCUT2D eigenvalue weighted by Crippen LogP contribution is -2.34. The quantitative estimate of drug-likeness (QED) is 0.381. The van der Waals surface area contributed by atoms with Crippen molar-refractivity contribution in [1.29, 1.82) is 0 Å². The van der Waals surface area contributed by atoms with E-state index in [9.17, 15) is 9.59 Å². The van der Waals surface area contributed by atoms with Crippen LogP contribution >= 0.6 is 23.1 Å². The van der Waals surface area contributed by atoms with Gasteiger partial charge in [0.25, 0.3) is 5.56 Å². The van der Waals surface area contributed by atoms with Gasteiger partial charge in [0.05, 0.1) is 17.0 Å². The summed E-state index contributed by atoms with van der Waals surface area (Å²) in [5.41, 5.74) is 3.68. The first-order valence-electron chi connectivity index (χ1n) is 9.94. The van der Waals surface area contributed by atoms with Gasteiger partial charge in [0.1, 0.15) is 4.70 Å². The van der Waals surface area contributed by atoms with Crippen LogP contribution in [0, 0.1) is 13.8 Å². The Labute approximate surface area is 179 Å². The predicted octanol–water partition coefficient (Wildman–Crippen LogP) is 4.80. The van der Waals surface area contributed by atoms with Gasteiger partial charge in [0.2, 0.25) is 5.91 Å². The number of carbonyl (C=O) groups is 1. The van der Waals surface area contributed by atoms with Gasteiger partial charge in [0.15, 0.2) is 5.16 Å². The molecule has 2 heterocycles. The average molecular weight is 430 g/mol. The average Bonchev–Trinajstić information content (AvgIpc) is 3.17. The number of aromatic nitrogens is 2. The molecule has 0 N–H and O–H groups in total. The molecule has 0 atom stereocenters. The molecule has 0 aliphatic rings. The van der Waals surface area contributed by atoms with Gasteiger partial charge in [-0.1, -0.05) is 31.7 Å². The second-order valence-electron chi connectivity index (χ2n) is 7.11. The van der Waals surface area contributed by atoms with Crippen molar-refractivity contribution in [2.45, 2.75) is 45.7 Å². The lowest BCUT2D eigenvalue weighted by atomic mass is 10.1. The molecular formula is C22H27N3O2S2. The van der Waals surface area contributed by atoms with Gasteiger partial charge < -0.3 is 4.90 Å². The molecule has 7 heteroatoms. The molecule has 0 fully saturated rings. The molecule has 3 aromatic rings. The number of fused-ring (bicyclic) bond motifs is 1. The molecule has 0 aliphatic carbocycles. The predicted molar refractivity (Wildman–Crippen MR) is 123 cm³/mol. The van der Waals surface area contributed by atoms with Crippen LogP contribution in [0.3, 0.4) is 0 Å². The molecule has 3 rings (SSSR count). The van der Waals surface area contributed by atoms with Crippen molar-refractivity contribution in [3.05, 3.63) is 51.1 Å². The molecule has 0 radical (unpaired) electrons. The molecule has 0 saturated heterocycles. The van der Waals surface area contributed by atoms with Crippen molar-refractivity contribution in [3.63, 3.8) is 0 Å². The van der Waals surface area contributed by atoms with Crippen LogP contribution in [0.5, 0.6) is 0 Å². The molecule has 2 aromatic heterocycles. The summed E-state index contributed by atoms with van der Waals surface area (Å²) in [6.45, 7) is 9.75. The lowest BCUT2D eigenvalue weighted by Gasteiger charge is -2.21. The van der Waals surface area contributed by atoms with Crippen LogP contribution in [0.15, 0.2) is 39.6 Å². The van der Waals surface area contributed by atoms with E-state index >= 15 is 0 Å². The highest BCUT2D eigenvalue weighted by Gasteiger charge is 2.18. The summed E-state index contributed by atoms with van der Waals surface area (Å²) in [6.07, 6.45) is 1.87. The Morgan fingerprint density at radius 3 is 2.52 bits per heavy atom. The molecule has 0 bridgehead atoms. The van der Waals surface area contributed by atoms with Crippen LogP contribution in [0.1, 0.15) is 37.8 Å². The Kier molecular flexibility index (Phi) is 7.14. The molecule has 154 valence electrons. The van der Waals surface area contributed by atoms with Gasteiger partial charge in [0, 0.05) is 13.1 Å². The number of thioether (sulfide) groups is 1. The number of thiophene rings is 1. The number of hydrogen-bond acceptors (Lipinski definition) is 5. The zero-order valence-electron chi connectivity index (χ0n) is 17.4. The fourth-order valence-corrected chi connectivity index (χ4v) is 4.87. The van der Waals surface area contributed by atoms with Gasteiger partial charge in [-0.25, -0.2) is 4.98 Å². The first-order valence-corrected chi connectivity index (χ1v) is 11.8. The van der Waals surface area contributed by atoms with E-state index in [2.05, 4.69) is 13.8 Å². The van der Waals surface area contributed by atoms with Crippen molar-refractivity contribution in [2.24, 2.45) is 0 Å². The second-order valence-corrected chi connectivity index (χ2v) is 8.97. The minimum Gasteiger partial charge on any atom is -0.342 e. The van der Waals surface area contributed by atoms with Gasteiger partial charge >= 0.3 is 0 Å². The van der Waals surface area contributed by atoms with E-state index in [0.29, 0.717) is 15.4 Å². The molecule has 1 amide bonds. The Morgan fingerprint density at radius 1 is 1.14 bits per heavy atom. The van der Waals surface area contributed by atoms with Crippen LogP contribution in [0.4, 0.5) is 0 Å². The van der Waals surface area contributed by atoms with Gasteiger partial charge in [-0.2, -0.15) is 0 Å². The second kappa shape index (κ2) is 9.59. The van der Waals surface area contributed by atoms with Crippen molar-refractivity contribution >= 4 is 39.2 Å². The third-order valence-electron chi connectivity index (χ3n) is 4.86. The fourth-order valence-electron chi connectivity index (χ4n) is 3.20. The van der Waals surface area contributed by atoms with Crippen LogP contribution in [-0.2, 0) is 4.79 Å². The molecule has 1 aromatic carbocycles. The maximum absolute atomic E-state index is 13.2. The number of carbonyl (C=O) groups excluding carboxylic acids is 1. The number of hydrogen-bond donors (Lipinski definition) is 0. The number of aryl methyl sites for hydroxylation is 2. The molecule has 0 saturated carbocycles. The molecule has 5 nitrogen and oxygen atoms in total. The number of rotatable bonds is 8. The minimum absolute atomic E-state index is 0.0813. The van der Waals surface area contributed by atoms with E-state index in [4.69, 9.17) is 4.98 Å². The van der Waals surface area contributed by atoms with E-state index < -0.39 is 0 Å². The van der Waals surface area contributed by atoms with Gasteiger partial charge in [-0.05, 0) is 61.4 Å². The lowest BCUT2D eigenvalue weighted by molar-refractivity contribution is -0.128. The summed E-state index contributed by atoms with van der Waals surface area (Å²) in [6, 6.07) is 7.82. The molecule has 29 heavy (non-hydrogen) atoms. The van der Waals surface area contributed by atoms with Crippen LogP contribution < -0.4 is 5.56 Å². The minimum atomic E-state index is -0.0813. The van der Waals surface area contributed by atoms with Crippen LogP contribution in [0.2, 0.25) is 0 Å². The smallest absolute Gasteiger partial charge is 0.276 e. The number of amides is 1. The maximum Gasteiger partial charge on any atom is 0.276 e. The van der Waals surface area contributed by atoms with Gasteiger partial charge in [-0.15, -0.1) is 11.3 Å². The largest absolute Gasteiger partial charge is 0.342 e. The number of nitrogens with zero attached hydrogens (tertiary/aromatic N) is 3. The zero-order chi connectivity index (χ0) is 21.0. The van der Waals surface area contributed by atoms with E-state index in [1.54, 1.807) is 4.57 Å². The van der Waals surface area contributed by atoms with E-state index in [-0.39, 0.29) is 17.2 Å². The Morgan fingerprint density at radius 2 is 1.86 bits per heavy atom. The third kappa shape index (κ3) is 4.73. The van der Waals surface area contributed by atoms with Crippen LogP contribution in [-0.4, -0.2) is 39.2 Å². The number of benzene rings is 1. The zero-order valence-corrected chi connectivity index (χ0v) is 19.0. The van der Waals surface area contributed by atoms with Crippen LogP contribution in [0.25, 0.3) is 15.9 Å². The van der Waals surface area contributed by atoms with Crippen molar-refractivity contribution < 1.29 is 4.79 Å². The van der Waals surface area contributed by atoms with Gasteiger partial charge in [-0.3, -0.25) is 14.2 Å². The topological polar surface area (TPSA) is 55.2 Å². The maximum atomic E-state index is 13.2. The molecule has 0 unspecified atom stereocenters. The third-order valence-corrected chi connectivity index (χ3v) is 6.68. The molecule has 0 spiro atoms. The molecular weight excluding hydrogens is 402 g/mol. The summed E-state index contributed by atoms with van der Waals surface area (Å²) in [5.74, 6) is 0.359. The standard InChI is InChI=1S/C22H27N3O2S2/c1-5-10-24(11-6-2)19(26)14-29-22-23-18-9-12-28-20(18)21(27)25(22)17-8-7-15(3)16(4)13-17/h7-9,12-13H,5-6,10-11,14H2,1-4H3. The normalized spacial score (nSPS) is 11.2. The Bertz CT molecular complexity index is 1070. The van der Waals surface area contributed by atoms with Crippen molar-refractivity contribution in [3.8, 4) is 5.69 Å². The monoisotopic (exact) mass is 429 g/mol. The van der Waals surface area contributed by atoms with Crippen molar-refractivity contribution in [2.75, 3.05) is 18.8 Å². The highest BCUT2D eigenvalue weighted by Crippen LogP contribution is 2.25. The Hall–Kier alpha value is -2.12. The van der Waals surface area contributed by atoms with E-state index in [1.165, 1.54) is 28.7 Å². The highest BCUT2D eigenvalue weighted by atomic mass is 32.2.